The van der Waals surface area contributed by atoms with E-state index in [0.717, 1.165) is 49.5 Å². The van der Waals surface area contributed by atoms with Crippen LogP contribution in [-0.4, -0.2) is 80.0 Å². The Morgan fingerprint density at radius 3 is 2.35 bits per heavy atom. The molecule has 0 spiro atoms. The molecule has 0 N–H and O–H groups in total. The summed E-state index contributed by atoms with van der Waals surface area (Å²) in [6.45, 7) is 4.87. The van der Waals surface area contributed by atoms with E-state index >= 15 is 0 Å². The maximum absolute atomic E-state index is 13.3. The number of carbonyl (C=O) groups excluding carboxylic acids is 2. The first kappa shape index (κ1) is 24.4. The van der Waals surface area contributed by atoms with E-state index in [0.29, 0.717) is 36.8 Å². The Kier molecular flexibility index (Phi) is 7.95. The second-order valence-electron chi connectivity index (χ2n) is 8.88. The molecule has 7 nitrogen and oxygen atoms in total. The number of carbonyl (C=O) groups is 2. The summed E-state index contributed by atoms with van der Waals surface area (Å²) in [5, 5.41) is 0.604. The fourth-order valence-electron chi connectivity index (χ4n) is 4.77. The Morgan fingerprint density at radius 1 is 0.941 bits per heavy atom. The third-order valence-electron chi connectivity index (χ3n) is 6.71. The Balaban J connectivity index is 1.32. The van der Waals surface area contributed by atoms with Crippen LogP contribution in [0.4, 0.5) is 0 Å². The number of nitrogens with zero attached hydrogens (tertiary/aromatic N) is 3. The van der Waals surface area contributed by atoms with Crippen molar-refractivity contribution in [2.45, 2.75) is 19.4 Å². The summed E-state index contributed by atoms with van der Waals surface area (Å²) in [5.41, 5.74) is 1.68. The van der Waals surface area contributed by atoms with E-state index in [9.17, 15) is 9.59 Å². The molecule has 2 aliphatic rings. The lowest BCUT2D eigenvalue weighted by molar-refractivity contribution is -0.138. The number of hydrogen-bond donors (Lipinski definition) is 0. The van der Waals surface area contributed by atoms with Gasteiger partial charge in [0.2, 0.25) is 5.91 Å². The Labute approximate surface area is 206 Å². The van der Waals surface area contributed by atoms with Gasteiger partial charge in [-0.25, -0.2) is 0 Å². The summed E-state index contributed by atoms with van der Waals surface area (Å²) >= 11 is 5.95. The number of rotatable bonds is 6. The summed E-state index contributed by atoms with van der Waals surface area (Å²) in [6.07, 6.45) is 1.66. The molecule has 0 bridgehead atoms. The van der Waals surface area contributed by atoms with Gasteiger partial charge in [-0.3, -0.25) is 14.5 Å². The van der Waals surface area contributed by atoms with E-state index in [4.69, 9.17) is 21.1 Å². The SMILES string of the molecule is COc1ccc(OC)c(CN2CCN(C(=O)[C@H]3CCCN(C(=O)c4ccc(Cl)cc4)C3)CC2)c1. The molecular weight excluding hydrogens is 454 g/mol. The van der Waals surface area contributed by atoms with Crippen molar-refractivity contribution >= 4 is 23.4 Å². The lowest BCUT2D eigenvalue weighted by Gasteiger charge is -2.39. The Bertz CT molecular complexity index is 1010. The number of piperazine rings is 1. The zero-order valence-corrected chi connectivity index (χ0v) is 20.6. The summed E-state index contributed by atoms with van der Waals surface area (Å²) in [4.78, 5) is 32.3. The number of methoxy groups -OCH3 is 2. The van der Waals surface area contributed by atoms with Crippen molar-refractivity contribution in [3.63, 3.8) is 0 Å². The highest BCUT2D eigenvalue weighted by molar-refractivity contribution is 6.30. The van der Waals surface area contributed by atoms with Gasteiger partial charge in [0.15, 0.2) is 0 Å². The van der Waals surface area contributed by atoms with E-state index in [1.54, 1.807) is 43.4 Å². The highest BCUT2D eigenvalue weighted by Gasteiger charge is 2.33. The van der Waals surface area contributed by atoms with Crippen molar-refractivity contribution in [3.05, 3.63) is 58.6 Å². The van der Waals surface area contributed by atoms with Gasteiger partial charge in [0, 0.05) is 62.0 Å². The third kappa shape index (κ3) is 5.65. The molecule has 4 rings (SSSR count). The van der Waals surface area contributed by atoms with Crippen molar-refractivity contribution in [3.8, 4) is 11.5 Å². The number of hydrogen-bond acceptors (Lipinski definition) is 5. The maximum atomic E-state index is 13.3. The van der Waals surface area contributed by atoms with E-state index in [2.05, 4.69) is 4.90 Å². The van der Waals surface area contributed by atoms with Crippen LogP contribution in [0.3, 0.4) is 0 Å². The van der Waals surface area contributed by atoms with Crippen LogP contribution < -0.4 is 9.47 Å². The topological polar surface area (TPSA) is 62.3 Å². The summed E-state index contributed by atoms with van der Waals surface area (Å²) in [5.74, 6) is 1.63. The minimum absolute atomic E-state index is 0.0359. The summed E-state index contributed by atoms with van der Waals surface area (Å²) in [7, 11) is 3.33. The monoisotopic (exact) mass is 485 g/mol. The predicted octanol–water partition coefficient (Wildman–Crippen LogP) is 3.55. The van der Waals surface area contributed by atoms with Gasteiger partial charge in [-0.1, -0.05) is 11.6 Å². The van der Waals surface area contributed by atoms with Crippen molar-refractivity contribution in [1.29, 1.82) is 0 Å². The van der Waals surface area contributed by atoms with Gasteiger partial charge in [-0.2, -0.15) is 0 Å². The number of amides is 2. The van der Waals surface area contributed by atoms with Crippen LogP contribution in [-0.2, 0) is 11.3 Å². The van der Waals surface area contributed by atoms with Crippen molar-refractivity contribution in [2.24, 2.45) is 5.92 Å². The van der Waals surface area contributed by atoms with E-state index in [1.807, 2.05) is 23.1 Å². The molecule has 1 atom stereocenters. The van der Waals surface area contributed by atoms with Gasteiger partial charge in [0.25, 0.3) is 5.91 Å². The molecular formula is C26H32ClN3O4. The van der Waals surface area contributed by atoms with Gasteiger partial charge < -0.3 is 19.3 Å². The molecule has 182 valence electrons. The number of piperidine rings is 1. The van der Waals surface area contributed by atoms with Crippen LogP contribution in [0.2, 0.25) is 5.02 Å². The predicted molar refractivity (Wildman–Crippen MR) is 131 cm³/mol. The van der Waals surface area contributed by atoms with Gasteiger partial charge in [0.05, 0.1) is 20.1 Å². The first-order valence-electron chi connectivity index (χ1n) is 11.8. The highest BCUT2D eigenvalue weighted by atomic mass is 35.5. The molecule has 0 radical (unpaired) electrons. The molecule has 0 saturated carbocycles. The molecule has 34 heavy (non-hydrogen) atoms. The quantitative estimate of drug-likeness (QED) is 0.626. The third-order valence-corrected chi connectivity index (χ3v) is 6.97. The molecule has 0 unspecified atom stereocenters. The minimum atomic E-state index is -0.143. The van der Waals surface area contributed by atoms with Crippen LogP contribution in [0, 0.1) is 5.92 Å². The van der Waals surface area contributed by atoms with Gasteiger partial charge in [-0.15, -0.1) is 0 Å². The first-order chi connectivity index (χ1) is 16.5. The largest absolute Gasteiger partial charge is 0.497 e. The lowest BCUT2D eigenvalue weighted by Crippen LogP contribution is -2.52. The molecule has 2 heterocycles. The van der Waals surface area contributed by atoms with Crippen LogP contribution in [0.25, 0.3) is 0 Å². The number of ether oxygens (including phenoxy) is 2. The molecule has 8 heteroatoms. The van der Waals surface area contributed by atoms with Crippen molar-refractivity contribution in [1.82, 2.24) is 14.7 Å². The number of benzene rings is 2. The zero-order valence-electron chi connectivity index (χ0n) is 19.8. The average molecular weight is 486 g/mol. The first-order valence-corrected chi connectivity index (χ1v) is 12.1. The highest BCUT2D eigenvalue weighted by Crippen LogP contribution is 2.26. The zero-order chi connectivity index (χ0) is 24.1. The molecule has 0 aromatic heterocycles. The van der Waals surface area contributed by atoms with E-state index < -0.39 is 0 Å². The molecule has 2 aromatic carbocycles. The van der Waals surface area contributed by atoms with Gasteiger partial charge >= 0.3 is 0 Å². The Hall–Kier alpha value is -2.77. The van der Waals surface area contributed by atoms with Crippen LogP contribution in [0.15, 0.2) is 42.5 Å². The fraction of sp³-hybridized carbons (Fsp3) is 0.462. The lowest BCUT2D eigenvalue weighted by atomic mass is 9.95. The smallest absolute Gasteiger partial charge is 0.253 e. The molecule has 2 aliphatic heterocycles. The standard InChI is InChI=1S/C26H32ClN3O4/c1-33-23-9-10-24(34-2)21(16-23)17-28-12-14-29(15-13-28)26(32)20-4-3-11-30(18-20)25(31)19-5-7-22(27)8-6-19/h5-10,16,20H,3-4,11-15,17-18H2,1-2H3/t20-/m0/s1. The Morgan fingerprint density at radius 2 is 1.68 bits per heavy atom. The van der Waals surface area contributed by atoms with E-state index in [-0.39, 0.29) is 17.7 Å². The second-order valence-corrected chi connectivity index (χ2v) is 9.31. The molecule has 2 fully saturated rings. The number of likely N-dealkylation sites (tertiary alicyclic amines) is 1. The van der Waals surface area contributed by atoms with Gasteiger partial charge in [0.1, 0.15) is 11.5 Å². The van der Waals surface area contributed by atoms with Crippen LogP contribution in [0.1, 0.15) is 28.8 Å². The van der Waals surface area contributed by atoms with Crippen LogP contribution in [0.5, 0.6) is 11.5 Å². The molecule has 2 amide bonds. The minimum Gasteiger partial charge on any atom is -0.497 e. The summed E-state index contributed by atoms with van der Waals surface area (Å²) in [6, 6.07) is 12.8. The maximum Gasteiger partial charge on any atom is 0.253 e. The normalized spacial score (nSPS) is 19.1. The van der Waals surface area contributed by atoms with Crippen molar-refractivity contribution in [2.75, 3.05) is 53.5 Å². The molecule has 0 aliphatic carbocycles. The average Bonchev–Trinajstić information content (AvgIpc) is 2.88. The van der Waals surface area contributed by atoms with E-state index in [1.165, 1.54) is 0 Å². The number of halogens is 1. The fourth-order valence-corrected chi connectivity index (χ4v) is 4.90. The molecule has 2 saturated heterocycles. The molecule has 2 aromatic rings. The second kappa shape index (κ2) is 11.1. The van der Waals surface area contributed by atoms with Gasteiger partial charge in [-0.05, 0) is 55.3 Å². The van der Waals surface area contributed by atoms with Crippen molar-refractivity contribution < 1.29 is 19.1 Å². The summed E-state index contributed by atoms with van der Waals surface area (Å²) < 4.78 is 10.9. The van der Waals surface area contributed by atoms with Crippen LogP contribution >= 0.6 is 11.6 Å².